The van der Waals surface area contributed by atoms with E-state index in [0.29, 0.717) is 20.6 Å². The monoisotopic (exact) mass is 711 g/mol. The van der Waals surface area contributed by atoms with E-state index in [1.807, 2.05) is 37.3 Å². The van der Waals surface area contributed by atoms with E-state index in [9.17, 15) is 18.0 Å². The fraction of sp³-hybridized carbons (Fsp3) is 0.278. The third-order valence-corrected chi connectivity index (χ3v) is 11.1. The zero-order valence-electron chi connectivity index (χ0n) is 25.9. The van der Waals surface area contributed by atoms with Crippen molar-refractivity contribution in [2.75, 3.05) is 10.8 Å². The largest absolute Gasteiger partial charge is 0.352 e. The van der Waals surface area contributed by atoms with Gasteiger partial charge in [0.2, 0.25) is 11.8 Å². The second-order valence-electron chi connectivity index (χ2n) is 11.8. The number of hydrogen-bond acceptors (Lipinski definition) is 4. The van der Waals surface area contributed by atoms with Gasteiger partial charge >= 0.3 is 0 Å². The first kappa shape index (κ1) is 34.8. The SMILES string of the molecule is Cc1ccc(S(=O)(=O)N(CC(=O)N(Cc2ccc(Cl)c(Cl)c2)[C@@H](Cc2ccccc2)C(=O)NC2CCCC2)c2ccc(Cl)cc2)cc1. The van der Waals surface area contributed by atoms with Crippen LogP contribution in [0, 0.1) is 6.92 Å². The summed E-state index contributed by atoms with van der Waals surface area (Å²) >= 11 is 18.7. The molecule has 7 nitrogen and oxygen atoms in total. The van der Waals surface area contributed by atoms with Crippen LogP contribution in [0.4, 0.5) is 5.69 Å². The minimum atomic E-state index is -4.22. The molecule has 1 N–H and O–H groups in total. The van der Waals surface area contributed by atoms with Crippen LogP contribution < -0.4 is 9.62 Å². The highest BCUT2D eigenvalue weighted by Crippen LogP contribution is 2.28. The van der Waals surface area contributed by atoms with Gasteiger partial charge in [-0.3, -0.25) is 13.9 Å². The Morgan fingerprint density at radius 1 is 0.830 bits per heavy atom. The van der Waals surface area contributed by atoms with Gasteiger partial charge < -0.3 is 10.2 Å². The number of carbonyl (C=O) groups is 2. The number of benzene rings is 4. The fourth-order valence-electron chi connectivity index (χ4n) is 5.73. The molecule has 5 rings (SSSR count). The Morgan fingerprint density at radius 2 is 1.49 bits per heavy atom. The lowest BCUT2D eigenvalue weighted by Crippen LogP contribution is -2.54. The third-order valence-electron chi connectivity index (χ3n) is 8.31. The van der Waals surface area contributed by atoms with Crippen molar-refractivity contribution >= 4 is 62.3 Å². The summed E-state index contributed by atoms with van der Waals surface area (Å²) in [5.74, 6) is -0.863. The normalized spacial score (nSPS) is 14.0. The van der Waals surface area contributed by atoms with Gasteiger partial charge in [-0.05, 0) is 79.4 Å². The van der Waals surface area contributed by atoms with Crippen LogP contribution in [0.1, 0.15) is 42.4 Å². The summed E-state index contributed by atoms with van der Waals surface area (Å²) in [6, 6.07) is 26.2. The van der Waals surface area contributed by atoms with Crippen LogP contribution in [-0.2, 0) is 32.6 Å². The highest BCUT2D eigenvalue weighted by molar-refractivity contribution is 7.92. The summed E-state index contributed by atoms with van der Waals surface area (Å²) in [7, 11) is -4.22. The third kappa shape index (κ3) is 8.87. The van der Waals surface area contributed by atoms with Crippen LogP contribution in [0.3, 0.4) is 0 Å². The van der Waals surface area contributed by atoms with Crippen LogP contribution in [0.25, 0.3) is 0 Å². The number of halogens is 3. The maximum atomic E-state index is 14.6. The van der Waals surface area contributed by atoms with Crippen molar-refractivity contribution in [1.82, 2.24) is 10.2 Å². The number of aryl methyl sites for hydroxylation is 1. The van der Waals surface area contributed by atoms with Gasteiger partial charge in [-0.15, -0.1) is 0 Å². The van der Waals surface area contributed by atoms with Gasteiger partial charge in [0.25, 0.3) is 10.0 Å². The molecular formula is C36H36Cl3N3O4S. The summed E-state index contributed by atoms with van der Waals surface area (Å²) in [5, 5.41) is 4.24. The molecule has 1 saturated carbocycles. The number of carbonyl (C=O) groups excluding carboxylic acids is 2. The van der Waals surface area contributed by atoms with E-state index < -0.39 is 28.5 Å². The fourth-order valence-corrected chi connectivity index (χ4v) is 7.59. The highest BCUT2D eigenvalue weighted by Gasteiger charge is 2.35. The minimum absolute atomic E-state index is 0.00943. The molecule has 11 heteroatoms. The number of nitrogens with one attached hydrogen (secondary N) is 1. The van der Waals surface area contributed by atoms with Crippen molar-refractivity contribution in [2.24, 2.45) is 0 Å². The average Bonchev–Trinajstić information content (AvgIpc) is 3.57. The molecule has 47 heavy (non-hydrogen) atoms. The molecule has 0 aliphatic heterocycles. The summed E-state index contributed by atoms with van der Waals surface area (Å²) in [6.45, 7) is 1.28. The Bertz CT molecular complexity index is 1800. The molecular weight excluding hydrogens is 677 g/mol. The molecule has 2 amide bonds. The quantitative estimate of drug-likeness (QED) is 0.162. The molecule has 1 aliphatic rings. The Morgan fingerprint density at radius 3 is 2.13 bits per heavy atom. The number of anilines is 1. The van der Waals surface area contributed by atoms with Crippen molar-refractivity contribution in [3.05, 3.63) is 129 Å². The lowest BCUT2D eigenvalue weighted by atomic mass is 10.0. The summed E-state index contributed by atoms with van der Waals surface area (Å²) in [6.07, 6.45) is 3.99. The summed E-state index contributed by atoms with van der Waals surface area (Å²) in [4.78, 5) is 30.2. The van der Waals surface area contributed by atoms with E-state index in [0.717, 1.165) is 41.1 Å². The number of nitrogens with zero attached hydrogens (tertiary/aromatic N) is 2. The van der Waals surface area contributed by atoms with Crippen LogP contribution >= 0.6 is 34.8 Å². The topological polar surface area (TPSA) is 86.8 Å². The lowest BCUT2D eigenvalue weighted by Gasteiger charge is -2.34. The summed E-state index contributed by atoms with van der Waals surface area (Å²) < 4.78 is 29.4. The molecule has 1 fully saturated rings. The van der Waals surface area contributed by atoms with Crippen molar-refractivity contribution in [1.29, 1.82) is 0 Å². The zero-order chi connectivity index (χ0) is 33.6. The first-order valence-corrected chi connectivity index (χ1v) is 18.0. The van der Waals surface area contributed by atoms with Crippen molar-refractivity contribution in [3.63, 3.8) is 0 Å². The average molecular weight is 713 g/mol. The molecule has 0 saturated heterocycles. The van der Waals surface area contributed by atoms with Crippen LogP contribution in [0.15, 0.2) is 102 Å². The highest BCUT2D eigenvalue weighted by atomic mass is 35.5. The van der Waals surface area contributed by atoms with Crippen molar-refractivity contribution < 1.29 is 18.0 Å². The van der Waals surface area contributed by atoms with E-state index in [4.69, 9.17) is 34.8 Å². The zero-order valence-corrected chi connectivity index (χ0v) is 29.0. The molecule has 4 aromatic rings. The Hall–Kier alpha value is -3.56. The number of amides is 2. The van der Waals surface area contributed by atoms with E-state index in [2.05, 4.69) is 5.32 Å². The van der Waals surface area contributed by atoms with Gasteiger partial charge in [0.05, 0.1) is 20.6 Å². The van der Waals surface area contributed by atoms with Gasteiger partial charge in [-0.1, -0.05) is 102 Å². The van der Waals surface area contributed by atoms with E-state index in [-0.39, 0.29) is 35.5 Å². The smallest absolute Gasteiger partial charge is 0.264 e. The Balaban J connectivity index is 1.57. The summed E-state index contributed by atoms with van der Waals surface area (Å²) in [5.41, 5.74) is 2.64. The molecule has 0 spiro atoms. The maximum absolute atomic E-state index is 14.6. The Kier molecular flexibility index (Phi) is 11.5. The molecule has 0 radical (unpaired) electrons. The van der Waals surface area contributed by atoms with Gasteiger partial charge in [0, 0.05) is 24.0 Å². The van der Waals surface area contributed by atoms with E-state index in [1.54, 1.807) is 54.6 Å². The van der Waals surface area contributed by atoms with Crippen molar-refractivity contribution in [3.8, 4) is 0 Å². The standard InChI is InChI=1S/C36H36Cl3N3O4S/c1-25-11-18-31(19-12-25)47(45,46)42(30-16-14-28(37)15-17-30)24-35(43)41(23-27-13-20-32(38)33(39)21-27)34(22-26-7-3-2-4-8-26)36(44)40-29-9-5-6-10-29/h2-4,7-8,11-21,29,34H,5-6,9-10,22-24H2,1H3,(H,40,44)/t34-/m0/s1. The number of hydrogen-bond donors (Lipinski definition) is 1. The second kappa shape index (κ2) is 15.6. The lowest BCUT2D eigenvalue weighted by molar-refractivity contribution is -0.140. The molecule has 0 unspecified atom stereocenters. The maximum Gasteiger partial charge on any atom is 0.264 e. The van der Waals surface area contributed by atoms with Crippen LogP contribution in [-0.4, -0.2) is 43.8 Å². The van der Waals surface area contributed by atoms with E-state index >= 15 is 0 Å². The van der Waals surface area contributed by atoms with Gasteiger partial charge in [0.15, 0.2) is 0 Å². The van der Waals surface area contributed by atoms with Gasteiger partial charge in [-0.25, -0.2) is 8.42 Å². The molecule has 1 atom stereocenters. The molecule has 1 aliphatic carbocycles. The van der Waals surface area contributed by atoms with Crippen molar-refractivity contribution in [2.45, 2.75) is 62.6 Å². The first-order valence-electron chi connectivity index (χ1n) is 15.4. The minimum Gasteiger partial charge on any atom is -0.352 e. The number of sulfonamides is 1. The van der Waals surface area contributed by atoms with Gasteiger partial charge in [0.1, 0.15) is 12.6 Å². The second-order valence-corrected chi connectivity index (χ2v) is 14.9. The van der Waals surface area contributed by atoms with Crippen LogP contribution in [0.2, 0.25) is 15.1 Å². The first-order chi connectivity index (χ1) is 22.5. The van der Waals surface area contributed by atoms with E-state index in [1.165, 1.54) is 17.0 Å². The molecule has 0 heterocycles. The van der Waals surface area contributed by atoms with Gasteiger partial charge in [-0.2, -0.15) is 0 Å². The predicted octanol–water partition coefficient (Wildman–Crippen LogP) is 7.85. The molecule has 0 aromatic heterocycles. The van der Waals surface area contributed by atoms with Crippen LogP contribution in [0.5, 0.6) is 0 Å². The molecule has 4 aromatic carbocycles. The number of rotatable bonds is 12. The molecule has 246 valence electrons. The Labute approximate surface area is 291 Å². The molecule has 0 bridgehead atoms. The predicted molar refractivity (Wildman–Crippen MR) is 189 cm³/mol.